The molecular formula is C22H35BN2. The molecule has 0 N–H and O–H groups in total. The van der Waals surface area contributed by atoms with Crippen LogP contribution in [0.1, 0.15) is 67.4 Å². The highest BCUT2D eigenvalue weighted by molar-refractivity contribution is 6.68. The highest BCUT2D eigenvalue weighted by atomic mass is 15.3. The van der Waals surface area contributed by atoms with Crippen molar-refractivity contribution in [1.82, 2.24) is 4.81 Å². The van der Waals surface area contributed by atoms with Gasteiger partial charge >= 0.3 is 6.98 Å². The van der Waals surface area contributed by atoms with Gasteiger partial charge in [-0.25, -0.2) is 0 Å². The molecule has 0 aliphatic carbocycles. The van der Waals surface area contributed by atoms with Crippen LogP contribution in [0.5, 0.6) is 0 Å². The summed E-state index contributed by atoms with van der Waals surface area (Å²) in [5, 5.41) is 0. The maximum atomic E-state index is 2.74. The van der Waals surface area contributed by atoms with E-state index in [-0.39, 0.29) is 11.0 Å². The maximum absolute atomic E-state index is 2.74. The van der Waals surface area contributed by atoms with Crippen molar-refractivity contribution in [1.29, 1.82) is 0 Å². The van der Waals surface area contributed by atoms with E-state index >= 15 is 0 Å². The monoisotopic (exact) mass is 338 g/mol. The first kappa shape index (κ1) is 18.6. The summed E-state index contributed by atoms with van der Waals surface area (Å²) in [4.78, 5) is 5.22. The van der Waals surface area contributed by atoms with E-state index in [1.807, 2.05) is 0 Å². The Bertz CT molecular complexity index is 696. The lowest BCUT2D eigenvalue weighted by molar-refractivity contribution is 0.235. The molecule has 2 aliphatic heterocycles. The minimum Gasteiger partial charge on any atom is -0.400 e. The second-order valence-electron chi connectivity index (χ2n) is 10.4. The Morgan fingerprint density at radius 2 is 1.68 bits per heavy atom. The van der Waals surface area contributed by atoms with Gasteiger partial charge in [-0.15, -0.1) is 0 Å². The second kappa shape index (κ2) is 5.64. The minimum absolute atomic E-state index is 0.137. The van der Waals surface area contributed by atoms with Crippen LogP contribution < -0.4 is 4.81 Å². The van der Waals surface area contributed by atoms with Crippen molar-refractivity contribution in [3.05, 3.63) is 35.8 Å². The summed E-state index contributed by atoms with van der Waals surface area (Å²) >= 11 is 0. The van der Waals surface area contributed by atoms with E-state index in [4.69, 9.17) is 0 Å². The smallest absolute Gasteiger partial charge is 0.371 e. The Kier molecular flexibility index (Phi) is 4.19. The quantitative estimate of drug-likeness (QED) is 0.625. The van der Waals surface area contributed by atoms with Crippen molar-refractivity contribution >= 4 is 18.2 Å². The van der Waals surface area contributed by atoms with Gasteiger partial charge < -0.3 is 9.62 Å². The molecule has 2 heterocycles. The largest absolute Gasteiger partial charge is 0.400 e. The molecule has 2 nitrogen and oxygen atoms in total. The molecule has 1 atom stereocenters. The van der Waals surface area contributed by atoms with Crippen molar-refractivity contribution in [3.63, 3.8) is 0 Å². The third kappa shape index (κ3) is 2.95. The Balaban J connectivity index is 2.14. The predicted octanol–water partition coefficient (Wildman–Crippen LogP) is 5.49. The number of allylic oxidation sites excluding steroid dienone is 1. The van der Waals surface area contributed by atoms with Gasteiger partial charge in [0.15, 0.2) is 0 Å². The number of para-hydroxylation sites is 1. The fraction of sp³-hybridized carbons (Fsp3) is 0.636. The summed E-state index contributed by atoms with van der Waals surface area (Å²) in [5.74, 6) is 2.53. The van der Waals surface area contributed by atoms with E-state index in [2.05, 4.69) is 102 Å². The standard InChI is InChI=1S/C22H35BN2/c1-16-21(5,6)15-22(7,8)25(16)23-14-18(20(2,3)4)17-12-10-11-13-19(17)24(23)9/h10-14,16H,15H2,1-9H3. The minimum atomic E-state index is 0.137. The van der Waals surface area contributed by atoms with E-state index in [9.17, 15) is 0 Å². The SMILES string of the molecule is CC1N(B2C=C(C(C)(C)C)c3ccccc3N2C)C(C)(C)CC1(C)C. The van der Waals surface area contributed by atoms with E-state index in [0.29, 0.717) is 18.4 Å². The van der Waals surface area contributed by atoms with Gasteiger partial charge in [-0.1, -0.05) is 58.8 Å². The normalized spacial score (nSPS) is 25.8. The number of hydrogen-bond acceptors (Lipinski definition) is 2. The molecular weight excluding hydrogens is 303 g/mol. The summed E-state index contributed by atoms with van der Waals surface area (Å²) in [6.07, 6.45) is 1.23. The number of fused-ring (bicyclic) bond motifs is 1. The average molecular weight is 338 g/mol. The lowest BCUT2D eigenvalue weighted by Crippen LogP contribution is -2.60. The molecule has 0 amide bonds. The molecule has 1 aromatic rings. The third-order valence-corrected chi connectivity index (χ3v) is 6.52. The Hall–Kier alpha value is -1.22. The van der Waals surface area contributed by atoms with Crippen molar-refractivity contribution in [2.45, 2.75) is 73.4 Å². The lowest BCUT2D eigenvalue weighted by atomic mass is 9.60. The van der Waals surface area contributed by atoms with Crippen LogP contribution in [0.15, 0.2) is 30.2 Å². The molecule has 0 bridgehead atoms. The summed E-state index contributed by atoms with van der Waals surface area (Å²) in [6, 6.07) is 9.43. The van der Waals surface area contributed by atoms with Gasteiger partial charge in [0.1, 0.15) is 0 Å². The maximum Gasteiger partial charge on any atom is 0.371 e. The molecule has 3 rings (SSSR count). The molecule has 25 heavy (non-hydrogen) atoms. The number of anilines is 1. The molecule has 0 aromatic heterocycles. The van der Waals surface area contributed by atoms with E-state index in [1.54, 1.807) is 0 Å². The predicted molar refractivity (Wildman–Crippen MR) is 112 cm³/mol. The number of benzene rings is 1. The number of hydrogen-bond donors (Lipinski definition) is 0. The summed E-state index contributed by atoms with van der Waals surface area (Å²) in [7, 11) is 2.26. The molecule has 1 saturated heterocycles. The van der Waals surface area contributed by atoms with Crippen LogP contribution >= 0.6 is 0 Å². The van der Waals surface area contributed by atoms with Crippen LogP contribution in [0.3, 0.4) is 0 Å². The number of nitrogens with zero attached hydrogens (tertiary/aromatic N) is 2. The van der Waals surface area contributed by atoms with Crippen LogP contribution in [-0.4, -0.2) is 30.4 Å². The first-order valence-corrected chi connectivity index (χ1v) is 9.69. The van der Waals surface area contributed by atoms with Crippen molar-refractivity contribution in [3.8, 4) is 0 Å². The van der Waals surface area contributed by atoms with E-state index in [1.165, 1.54) is 23.2 Å². The molecule has 1 aromatic carbocycles. The van der Waals surface area contributed by atoms with Gasteiger partial charge in [-0.3, -0.25) is 0 Å². The van der Waals surface area contributed by atoms with Gasteiger partial charge in [0.2, 0.25) is 0 Å². The van der Waals surface area contributed by atoms with Gasteiger partial charge in [0.05, 0.1) is 0 Å². The average Bonchev–Trinajstić information content (AvgIpc) is 2.63. The highest BCUT2D eigenvalue weighted by Gasteiger charge is 2.53. The van der Waals surface area contributed by atoms with Crippen LogP contribution in [0, 0.1) is 10.8 Å². The van der Waals surface area contributed by atoms with Crippen LogP contribution in [0.2, 0.25) is 0 Å². The lowest BCUT2D eigenvalue weighted by Gasteiger charge is -2.46. The molecule has 1 fully saturated rings. The molecule has 3 heteroatoms. The first-order chi connectivity index (χ1) is 11.4. The van der Waals surface area contributed by atoms with Gasteiger partial charge in [-0.2, -0.15) is 0 Å². The van der Waals surface area contributed by atoms with Crippen molar-refractivity contribution in [2.75, 3.05) is 11.9 Å². The molecule has 0 spiro atoms. The van der Waals surface area contributed by atoms with Gasteiger partial charge in [0, 0.05) is 17.3 Å². The zero-order valence-electron chi connectivity index (χ0n) is 17.6. The molecule has 1 unspecified atom stereocenters. The zero-order chi connectivity index (χ0) is 18.8. The van der Waals surface area contributed by atoms with Gasteiger partial charge in [0.25, 0.3) is 0 Å². The fourth-order valence-corrected chi connectivity index (χ4v) is 5.26. The van der Waals surface area contributed by atoms with E-state index < -0.39 is 0 Å². The molecule has 0 radical (unpaired) electrons. The molecule has 2 aliphatic rings. The Morgan fingerprint density at radius 1 is 1.08 bits per heavy atom. The second-order valence-corrected chi connectivity index (χ2v) is 10.4. The zero-order valence-corrected chi connectivity index (χ0v) is 17.6. The molecule has 136 valence electrons. The summed E-state index contributed by atoms with van der Waals surface area (Å²) < 4.78 is 0. The summed E-state index contributed by atoms with van der Waals surface area (Å²) in [5.41, 5.74) is 4.87. The molecule has 0 saturated carbocycles. The first-order valence-electron chi connectivity index (χ1n) is 9.69. The van der Waals surface area contributed by atoms with Crippen LogP contribution in [0.4, 0.5) is 5.69 Å². The van der Waals surface area contributed by atoms with Crippen LogP contribution in [0.25, 0.3) is 5.57 Å². The van der Waals surface area contributed by atoms with Gasteiger partial charge in [-0.05, 0) is 62.3 Å². The van der Waals surface area contributed by atoms with Crippen molar-refractivity contribution < 1.29 is 0 Å². The van der Waals surface area contributed by atoms with Crippen molar-refractivity contribution in [2.24, 2.45) is 10.8 Å². The highest BCUT2D eigenvalue weighted by Crippen LogP contribution is 2.49. The summed E-state index contributed by atoms with van der Waals surface area (Å²) in [6.45, 7) is 19.4. The number of rotatable bonds is 1. The Labute approximate surface area is 155 Å². The van der Waals surface area contributed by atoms with Crippen LogP contribution in [-0.2, 0) is 0 Å². The topological polar surface area (TPSA) is 6.48 Å². The Morgan fingerprint density at radius 3 is 2.20 bits per heavy atom. The van der Waals surface area contributed by atoms with E-state index in [0.717, 1.165) is 0 Å². The fourth-order valence-electron chi connectivity index (χ4n) is 5.26. The third-order valence-electron chi connectivity index (χ3n) is 6.52.